The Balaban J connectivity index is 4.87. The van der Waals surface area contributed by atoms with Crippen LogP contribution in [0.25, 0.3) is 0 Å². The van der Waals surface area contributed by atoms with Gasteiger partial charge in [0.25, 0.3) is 0 Å². The Labute approximate surface area is 116 Å². The lowest BCUT2D eigenvalue weighted by molar-refractivity contribution is 0.0974. The van der Waals surface area contributed by atoms with Gasteiger partial charge in [0.1, 0.15) is 6.10 Å². The van der Waals surface area contributed by atoms with Crippen molar-refractivity contribution in [2.24, 2.45) is 5.41 Å². The third-order valence-corrected chi connectivity index (χ3v) is 8.69. The minimum Gasteiger partial charge on any atom is -0.403 e. The van der Waals surface area contributed by atoms with E-state index in [1.807, 2.05) is 0 Å². The first-order valence-corrected chi connectivity index (χ1v) is 10.0. The summed E-state index contributed by atoms with van der Waals surface area (Å²) in [5.74, 6) is 2.89. The Hall–Kier alpha value is -0.263. The fourth-order valence-electron chi connectivity index (χ4n) is 1.65. The molecule has 1 atom stereocenters. The van der Waals surface area contributed by atoms with Crippen LogP contribution < -0.4 is 0 Å². The van der Waals surface area contributed by atoms with Crippen LogP contribution in [0.5, 0.6) is 0 Å². The summed E-state index contributed by atoms with van der Waals surface area (Å²) in [6, 6.07) is 0. The zero-order chi connectivity index (χ0) is 14.6. The van der Waals surface area contributed by atoms with Crippen molar-refractivity contribution in [1.82, 2.24) is 0 Å². The largest absolute Gasteiger partial charge is 0.403 e. The van der Waals surface area contributed by atoms with E-state index in [0.29, 0.717) is 0 Å². The molecular weight excluding hydrogens is 236 g/mol. The molecule has 0 fully saturated rings. The molecule has 0 aromatic rings. The smallest absolute Gasteiger partial charge is 0.193 e. The van der Waals surface area contributed by atoms with Crippen molar-refractivity contribution >= 4 is 8.32 Å². The van der Waals surface area contributed by atoms with E-state index in [1.54, 1.807) is 0 Å². The van der Waals surface area contributed by atoms with E-state index >= 15 is 0 Å². The molecule has 0 saturated carbocycles. The molecule has 0 bridgehead atoms. The van der Waals surface area contributed by atoms with Gasteiger partial charge in [0.05, 0.1) is 0 Å². The molecule has 1 nitrogen and oxygen atoms in total. The molecule has 0 unspecified atom stereocenters. The van der Waals surface area contributed by atoms with Gasteiger partial charge in [-0.3, -0.25) is 0 Å². The summed E-state index contributed by atoms with van der Waals surface area (Å²) in [4.78, 5) is 0. The van der Waals surface area contributed by atoms with Crippen LogP contribution in [0.3, 0.4) is 0 Å². The van der Waals surface area contributed by atoms with Gasteiger partial charge >= 0.3 is 0 Å². The molecule has 0 heterocycles. The highest BCUT2D eigenvalue weighted by atomic mass is 28.4. The van der Waals surface area contributed by atoms with E-state index in [1.165, 1.54) is 12.8 Å². The first kappa shape index (κ1) is 17.7. The fourth-order valence-corrected chi connectivity index (χ4v) is 2.98. The maximum absolute atomic E-state index is 6.42. The van der Waals surface area contributed by atoms with Crippen LogP contribution in [0.2, 0.25) is 18.1 Å². The van der Waals surface area contributed by atoms with Gasteiger partial charge in [-0.25, -0.2) is 0 Å². The molecule has 0 radical (unpaired) electrons. The third-order valence-electron chi connectivity index (χ3n) is 4.25. The summed E-state index contributed by atoms with van der Waals surface area (Å²) in [5.41, 5.74) is 0.0697. The van der Waals surface area contributed by atoms with Gasteiger partial charge in [-0.1, -0.05) is 60.3 Å². The van der Waals surface area contributed by atoms with Crippen LogP contribution in [-0.2, 0) is 4.43 Å². The molecule has 0 spiro atoms. The van der Waals surface area contributed by atoms with Gasteiger partial charge < -0.3 is 4.43 Å². The van der Waals surface area contributed by atoms with Crippen LogP contribution in [0.4, 0.5) is 0 Å². The molecule has 0 rings (SSSR count). The molecule has 0 amide bonds. The van der Waals surface area contributed by atoms with Gasteiger partial charge in [-0.2, -0.15) is 0 Å². The molecule has 0 aromatic carbocycles. The average molecular weight is 269 g/mol. The minimum atomic E-state index is -1.78. The summed E-state index contributed by atoms with van der Waals surface area (Å²) in [7, 11) is -1.78. The predicted octanol–water partition coefficient (Wildman–Crippen LogP) is 5.23. The normalized spacial score (nSPS) is 15.3. The second-order valence-electron chi connectivity index (χ2n) is 7.52. The first-order valence-electron chi connectivity index (χ1n) is 7.12. The van der Waals surface area contributed by atoms with Crippen molar-refractivity contribution in [2.75, 3.05) is 0 Å². The number of terminal acetylenes is 1. The summed E-state index contributed by atoms with van der Waals surface area (Å²) in [6.07, 6.45) is 9.22. The average Bonchev–Trinajstić information content (AvgIpc) is 2.21. The Kier molecular flexibility index (Phi) is 6.17. The van der Waals surface area contributed by atoms with Crippen molar-refractivity contribution in [2.45, 2.75) is 85.0 Å². The van der Waals surface area contributed by atoms with E-state index in [4.69, 9.17) is 10.8 Å². The molecular formula is C16H32OSi. The SMILES string of the molecule is C#C[C@@H](O[Si](C)(C)C(C)(C)C)C(C)(C)CCCC. The highest BCUT2D eigenvalue weighted by Crippen LogP contribution is 2.40. The number of hydrogen-bond donors (Lipinski definition) is 0. The van der Waals surface area contributed by atoms with E-state index in [9.17, 15) is 0 Å². The Morgan fingerprint density at radius 2 is 1.67 bits per heavy atom. The lowest BCUT2D eigenvalue weighted by atomic mass is 9.82. The van der Waals surface area contributed by atoms with Gasteiger partial charge in [0, 0.05) is 5.41 Å². The van der Waals surface area contributed by atoms with E-state index in [-0.39, 0.29) is 16.6 Å². The monoisotopic (exact) mass is 268 g/mol. The van der Waals surface area contributed by atoms with E-state index in [0.717, 1.165) is 6.42 Å². The van der Waals surface area contributed by atoms with Crippen LogP contribution in [-0.4, -0.2) is 14.4 Å². The zero-order valence-corrected chi connectivity index (χ0v) is 14.7. The van der Waals surface area contributed by atoms with Gasteiger partial charge in [0.2, 0.25) is 0 Å². The molecule has 2 heteroatoms. The predicted molar refractivity (Wildman–Crippen MR) is 84.2 cm³/mol. The van der Waals surface area contributed by atoms with Crippen molar-refractivity contribution in [3.63, 3.8) is 0 Å². The highest BCUT2D eigenvalue weighted by molar-refractivity contribution is 6.74. The lowest BCUT2D eigenvalue weighted by Gasteiger charge is -2.42. The van der Waals surface area contributed by atoms with Crippen LogP contribution in [0.15, 0.2) is 0 Å². The molecule has 0 saturated heterocycles. The second-order valence-corrected chi connectivity index (χ2v) is 12.3. The van der Waals surface area contributed by atoms with E-state index < -0.39 is 8.32 Å². The van der Waals surface area contributed by atoms with Gasteiger partial charge in [-0.15, -0.1) is 6.42 Å². The standard InChI is InChI=1S/C16H32OSi/c1-10-12-13-16(6,7)14(11-2)17-18(8,9)15(3,4)5/h2,14H,10,12-13H2,1,3-9H3/t14-/m1/s1. The van der Waals surface area contributed by atoms with Crippen molar-refractivity contribution in [1.29, 1.82) is 0 Å². The summed E-state index contributed by atoms with van der Waals surface area (Å²) < 4.78 is 6.42. The molecule has 0 aliphatic rings. The number of hydrogen-bond acceptors (Lipinski definition) is 1. The van der Waals surface area contributed by atoms with Crippen LogP contribution in [0, 0.1) is 17.8 Å². The molecule has 0 aliphatic heterocycles. The zero-order valence-electron chi connectivity index (χ0n) is 13.7. The highest BCUT2D eigenvalue weighted by Gasteiger charge is 2.42. The Bertz CT molecular complexity index is 291. The van der Waals surface area contributed by atoms with Crippen LogP contribution >= 0.6 is 0 Å². The van der Waals surface area contributed by atoms with Gasteiger partial charge in [-0.05, 0) is 24.6 Å². The topological polar surface area (TPSA) is 9.23 Å². The molecule has 18 heavy (non-hydrogen) atoms. The van der Waals surface area contributed by atoms with Crippen molar-refractivity contribution < 1.29 is 4.43 Å². The van der Waals surface area contributed by atoms with Crippen LogP contribution in [0.1, 0.15) is 60.8 Å². The maximum Gasteiger partial charge on any atom is 0.193 e. The molecule has 106 valence electrons. The second kappa shape index (κ2) is 6.26. The molecule has 0 aromatic heterocycles. The van der Waals surface area contributed by atoms with E-state index in [2.05, 4.69) is 60.6 Å². The maximum atomic E-state index is 6.42. The number of unbranched alkanes of at least 4 members (excludes halogenated alkanes) is 1. The first-order chi connectivity index (χ1) is 7.98. The Morgan fingerprint density at radius 3 is 2.00 bits per heavy atom. The Morgan fingerprint density at radius 1 is 1.17 bits per heavy atom. The summed E-state index contributed by atoms with van der Waals surface area (Å²) in [5, 5.41) is 0.211. The fraction of sp³-hybridized carbons (Fsp3) is 0.875. The van der Waals surface area contributed by atoms with Gasteiger partial charge in [0.15, 0.2) is 8.32 Å². The summed E-state index contributed by atoms with van der Waals surface area (Å²) in [6.45, 7) is 18.0. The number of rotatable bonds is 6. The third kappa shape index (κ3) is 4.78. The minimum absolute atomic E-state index is 0.0649. The summed E-state index contributed by atoms with van der Waals surface area (Å²) >= 11 is 0. The molecule has 0 aliphatic carbocycles. The lowest BCUT2D eigenvalue weighted by Crippen LogP contribution is -2.47. The quantitative estimate of drug-likeness (QED) is 0.473. The van der Waals surface area contributed by atoms with Crippen molar-refractivity contribution in [3.8, 4) is 12.3 Å². The van der Waals surface area contributed by atoms with Crippen molar-refractivity contribution in [3.05, 3.63) is 0 Å². The molecule has 0 N–H and O–H groups in total.